The summed E-state index contributed by atoms with van der Waals surface area (Å²) in [6.45, 7) is 6.85. The molecule has 1 unspecified atom stereocenters. The van der Waals surface area contributed by atoms with Gasteiger partial charge in [-0.3, -0.25) is 4.79 Å². The van der Waals surface area contributed by atoms with Crippen molar-refractivity contribution in [3.63, 3.8) is 0 Å². The van der Waals surface area contributed by atoms with Crippen LogP contribution in [0.1, 0.15) is 59.3 Å². The molecule has 18 heavy (non-hydrogen) atoms. The van der Waals surface area contributed by atoms with Crippen molar-refractivity contribution in [2.75, 3.05) is 6.61 Å². The Bertz CT molecular complexity index is 245. The minimum Gasteiger partial charge on any atom is -0.396 e. The van der Waals surface area contributed by atoms with E-state index in [9.17, 15) is 4.79 Å². The number of hydrogen-bond donors (Lipinski definition) is 2. The lowest BCUT2D eigenvalue weighted by molar-refractivity contribution is -0.123. The lowest BCUT2D eigenvalue weighted by atomic mass is 9.86. The minimum atomic E-state index is 0.204. The molecule has 0 radical (unpaired) electrons. The number of aliphatic hydroxyl groups excluding tert-OH is 1. The molecule has 2 N–H and O–H groups in total. The number of carbonyl (C=O) groups is 1. The van der Waals surface area contributed by atoms with Crippen molar-refractivity contribution >= 4 is 5.91 Å². The van der Waals surface area contributed by atoms with Gasteiger partial charge in [0.2, 0.25) is 5.91 Å². The molecule has 0 aromatic heterocycles. The SMILES string of the molecule is CC(C)CC(C)CC(=O)NC1CCC(CO)CC1. The van der Waals surface area contributed by atoms with Crippen LogP contribution >= 0.6 is 0 Å². The smallest absolute Gasteiger partial charge is 0.220 e. The molecule has 0 spiro atoms. The number of nitrogens with one attached hydrogen (secondary N) is 1. The average molecular weight is 255 g/mol. The van der Waals surface area contributed by atoms with Gasteiger partial charge in [0.25, 0.3) is 0 Å². The third-order valence-electron chi connectivity index (χ3n) is 3.88. The normalized spacial score (nSPS) is 26.1. The lowest BCUT2D eigenvalue weighted by Gasteiger charge is -2.28. The Balaban J connectivity index is 2.20. The fraction of sp³-hybridized carbons (Fsp3) is 0.933. The van der Waals surface area contributed by atoms with E-state index in [1.54, 1.807) is 0 Å². The second-order valence-electron chi connectivity index (χ2n) is 6.41. The summed E-state index contributed by atoms with van der Waals surface area (Å²) in [6, 6.07) is 0.339. The highest BCUT2D eigenvalue weighted by Crippen LogP contribution is 2.24. The number of aliphatic hydroxyl groups is 1. The van der Waals surface area contributed by atoms with Gasteiger partial charge in [0.05, 0.1) is 0 Å². The number of rotatable bonds is 6. The highest BCUT2D eigenvalue weighted by Gasteiger charge is 2.22. The summed E-state index contributed by atoms with van der Waals surface area (Å²) in [7, 11) is 0. The van der Waals surface area contributed by atoms with E-state index in [0.29, 0.717) is 36.8 Å². The van der Waals surface area contributed by atoms with Gasteiger partial charge in [0.15, 0.2) is 0 Å². The molecule has 1 aliphatic rings. The molecule has 106 valence electrons. The molecule has 3 heteroatoms. The highest BCUT2D eigenvalue weighted by molar-refractivity contribution is 5.76. The maximum Gasteiger partial charge on any atom is 0.220 e. The van der Waals surface area contributed by atoms with Gasteiger partial charge in [0, 0.05) is 19.1 Å². The van der Waals surface area contributed by atoms with Crippen LogP contribution < -0.4 is 5.32 Å². The topological polar surface area (TPSA) is 49.3 Å². The molecule has 1 rings (SSSR count). The van der Waals surface area contributed by atoms with Gasteiger partial charge in [0.1, 0.15) is 0 Å². The summed E-state index contributed by atoms with van der Waals surface area (Å²) in [5.41, 5.74) is 0. The van der Waals surface area contributed by atoms with Crippen molar-refractivity contribution in [1.82, 2.24) is 5.32 Å². The van der Waals surface area contributed by atoms with Gasteiger partial charge < -0.3 is 10.4 Å². The number of carbonyl (C=O) groups excluding carboxylic acids is 1. The molecule has 0 heterocycles. The van der Waals surface area contributed by atoms with Crippen molar-refractivity contribution in [3.05, 3.63) is 0 Å². The van der Waals surface area contributed by atoms with Gasteiger partial charge >= 0.3 is 0 Å². The highest BCUT2D eigenvalue weighted by atomic mass is 16.3. The maximum atomic E-state index is 11.9. The van der Waals surface area contributed by atoms with Crippen molar-refractivity contribution in [1.29, 1.82) is 0 Å². The van der Waals surface area contributed by atoms with Crippen LogP contribution in [-0.4, -0.2) is 23.7 Å². The van der Waals surface area contributed by atoms with Gasteiger partial charge in [-0.2, -0.15) is 0 Å². The van der Waals surface area contributed by atoms with Crippen LogP contribution in [0.25, 0.3) is 0 Å². The molecular weight excluding hydrogens is 226 g/mol. The van der Waals surface area contributed by atoms with Crippen LogP contribution in [0.4, 0.5) is 0 Å². The fourth-order valence-corrected chi connectivity index (χ4v) is 2.98. The predicted octanol–water partition coefficient (Wildman–Crippen LogP) is 2.73. The Morgan fingerprint density at radius 1 is 1.22 bits per heavy atom. The second kappa shape index (κ2) is 7.78. The molecule has 1 saturated carbocycles. The van der Waals surface area contributed by atoms with Crippen LogP contribution in [0.3, 0.4) is 0 Å². The Morgan fingerprint density at radius 3 is 2.33 bits per heavy atom. The summed E-state index contributed by atoms with van der Waals surface area (Å²) in [4.78, 5) is 11.9. The first-order valence-corrected chi connectivity index (χ1v) is 7.41. The van der Waals surface area contributed by atoms with E-state index < -0.39 is 0 Å². The maximum absolute atomic E-state index is 11.9. The van der Waals surface area contributed by atoms with Crippen LogP contribution in [0.15, 0.2) is 0 Å². The van der Waals surface area contributed by atoms with E-state index >= 15 is 0 Å². The monoisotopic (exact) mass is 255 g/mol. The summed E-state index contributed by atoms with van der Waals surface area (Å²) in [5, 5.41) is 12.2. The first-order chi connectivity index (χ1) is 8.51. The van der Waals surface area contributed by atoms with E-state index in [4.69, 9.17) is 5.11 Å². The molecule has 1 fully saturated rings. The van der Waals surface area contributed by atoms with E-state index in [-0.39, 0.29) is 5.91 Å². The van der Waals surface area contributed by atoms with Crippen molar-refractivity contribution in [2.24, 2.45) is 17.8 Å². The molecule has 1 aliphatic carbocycles. The molecule has 0 aromatic rings. The molecular formula is C15H29NO2. The summed E-state index contributed by atoms with van der Waals surface area (Å²) < 4.78 is 0. The van der Waals surface area contributed by atoms with Crippen molar-refractivity contribution in [3.8, 4) is 0 Å². The third kappa shape index (κ3) is 5.85. The first kappa shape index (κ1) is 15.5. The zero-order chi connectivity index (χ0) is 13.5. The van der Waals surface area contributed by atoms with E-state index in [0.717, 1.165) is 32.1 Å². The quantitative estimate of drug-likeness (QED) is 0.766. The number of hydrogen-bond acceptors (Lipinski definition) is 2. The second-order valence-corrected chi connectivity index (χ2v) is 6.41. The zero-order valence-corrected chi connectivity index (χ0v) is 12.1. The van der Waals surface area contributed by atoms with E-state index in [2.05, 4.69) is 26.1 Å². The first-order valence-electron chi connectivity index (χ1n) is 7.41. The van der Waals surface area contributed by atoms with E-state index in [1.165, 1.54) is 0 Å². The average Bonchev–Trinajstić information content (AvgIpc) is 2.28. The van der Waals surface area contributed by atoms with Gasteiger partial charge in [-0.1, -0.05) is 20.8 Å². The standard InChI is InChI=1S/C15H29NO2/c1-11(2)8-12(3)9-15(18)16-14-6-4-13(10-17)5-7-14/h11-14,17H,4-10H2,1-3H3,(H,16,18). The minimum absolute atomic E-state index is 0.204. The molecule has 1 atom stereocenters. The third-order valence-corrected chi connectivity index (χ3v) is 3.88. The molecule has 0 bridgehead atoms. The summed E-state index contributed by atoms with van der Waals surface area (Å²) in [5.74, 6) is 1.79. The van der Waals surface area contributed by atoms with Crippen LogP contribution in [-0.2, 0) is 4.79 Å². The Morgan fingerprint density at radius 2 is 1.83 bits per heavy atom. The van der Waals surface area contributed by atoms with Crippen LogP contribution in [0.5, 0.6) is 0 Å². The summed E-state index contributed by atoms with van der Waals surface area (Å²) in [6.07, 6.45) is 5.90. The van der Waals surface area contributed by atoms with Gasteiger partial charge in [-0.05, 0) is 49.9 Å². The molecule has 0 aliphatic heterocycles. The number of amides is 1. The predicted molar refractivity (Wildman–Crippen MR) is 74.2 cm³/mol. The fourth-order valence-electron chi connectivity index (χ4n) is 2.98. The molecule has 1 amide bonds. The molecule has 0 aromatic carbocycles. The lowest BCUT2D eigenvalue weighted by Crippen LogP contribution is -2.38. The largest absolute Gasteiger partial charge is 0.396 e. The Kier molecular flexibility index (Phi) is 6.69. The van der Waals surface area contributed by atoms with Crippen LogP contribution in [0.2, 0.25) is 0 Å². The van der Waals surface area contributed by atoms with Gasteiger partial charge in [-0.25, -0.2) is 0 Å². The Labute approximate surface area is 111 Å². The Hall–Kier alpha value is -0.570. The molecule has 3 nitrogen and oxygen atoms in total. The zero-order valence-electron chi connectivity index (χ0n) is 12.1. The van der Waals surface area contributed by atoms with Crippen LogP contribution in [0, 0.1) is 17.8 Å². The van der Waals surface area contributed by atoms with E-state index in [1.807, 2.05) is 0 Å². The van der Waals surface area contributed by atoms with Crippen molar-refractivity contribution in [2.45, 2.75) is 65.3 Å². The van der Waals surface area contributed by atoms with Gasteiger partial charge in [-0.15, -0.1) is 0 Å². The summed E-state index contributed by atoms with van der Waals surface area (Å²) >= 11 is 0. The molecule has 0 saturated heterocycles. The van der Waals surface area contributed by atoms with Crippen molar-refractivity contribution < 1.29 is 9.90 Å².